The van der Waals surface area contributed by atoms with E-state index in [0.29, 0.717) is 12.5 Å². The van der Waals surface area contributed by atoms with Gasteiger partial charge in [0, 0.05) is 5.69 Å². The number of hydrogen-bond donors (Lipinski definition) is 0. The van der Waals surface area contributed by atoms with Gasteiger partial charge in [0.25, 0.3) is 0 Å². The molecule has 0 saturated carbocycles. The van der Waals surface area contributed by atoms with Crippen molar-refractivity contribution in [1.29, 1.82) is 0 Å². The quantitative estimate of drug-likeness (QED) is 0.242. The normalized spacial score (nSPS) is 14.6. The lowest BCUT2D eigenvalue weighted by Gasteiger charge is -2.31. The van der Waals surface area contributed by atoms with Gasteiger partial charge in [-0.25, -0.2) is 0 Å². The Balaban J connectivity index is 1.44. The van der Waals surface area contributed by atoms with Crippen LogP contribution in [0.15, 0.2) is 97.1 Å². The summed E-state index contributed by atoms with van der Waals surface area (Å²) < 4.78 is 11.5. The van der Waals surface area contributed by atoms with Gasteiger partial charge in [-0.3, -0.25) is 4.79 Å². The van der Waals surface area contributed by atoms with Gasteiger partial charge in [0.05, 0.1) is 19.6 Å². The highest BCUT2D eigenvalue weighted by Gasteiger charge is 2.31. The van der Waals surface area contributed by atoms with Crippen LogP contribution in [-0.4, -0.2) is 13.0 Å². The molecule has 38 heavy (non-hydrogen) atoms. The van der Waals surface area contributed by atoms with E-state index in [1.165, 1.54) is 11.1 Å². The highest BCUT2D eigenvalue weighted by Crippen LogP contribution is 2.37. The third-order valence-electron chi connectivity index (χ3n) is 7.35. The average Bonchev–Trinajstić information content (AvgIpc) is 2.96. The van der Waals surface area contributed by atoms with E-state index in [0.717, 1.165) is 53.3 Å². The molecule has 194 valence electrons. The number of anilines is 1. The second-order valence-corrected chi connectivity index (χ2v) is 10.2. The van der Waals surface area contributed by atoms with Crippen molar-refractivity contribution in [3.05, 3.63) is 119 Å². The van der Waals surface area contributed by atoms with Crippen LogP contribution >= 0.6 is 0 Å². The smallest absolute Gasteiger partial charge is 0.234 e. The minimum absolute atomic E-state index is 0.126. The van der Waals surface area contributed by atoms with Crippen molar-refractivity contribution in [2.45, 2.75) is 51.5 Å². The van der Waals surface area contributed by atoms with E-state index in [-0.39, 0.29) is 11.8 Å². The number of ether oxygens (including phenoxy) is 2. The first-order valence-corrected chi connectivity index (χ1v) is 13.4. The molecule has 0 saturated heterocycles. The van der Waals surface area contributed by atoms with Crippen molar-refractivity contribution in [3.8, 4) is 17.2 Å². The lowest BCUT2D eigenvalue weighted by atomic mass is 9.81. The highest BCUT2D eigenvalue weighted by atomic mass is 16.5. The van der Waals surface area contributed by atoms with Gasteiger partial charge in [0.2, 0.25) is 5.91 Å². The van der Waals surface area contributed by atoms with Crippen molar-refractivity contribution < 1.29 is 14.3 Å². The van der Waals surface area contributed by atoms with Gasteiger partial charge in [-0.1, -0.05) is 62.4 Å². The summed E-state index contributed by atoms with van der Waals surface area (Å²) >= 11 is 0. The first-order valence-electron chi connectivity index (χ1n) is 13.4. The van der Waals surface area contributed by atoms with Gasteiger partial charge in [-0.15, -0.1) is 0 Å². The van der Waals surface area contributed by atoms with Crippen LogP contribution in [0.2, 0.25) is 0 Å². The molecule has 4 aromatic rings. The molecule has 4 aromatic carbocycles. The summed E-state index contributed by atoms with van der Waals surface area (Å²) in [7, 11) is 1.68. The fraction of sp³-hybridized carbons (Fsp3) is 0.265. The predicted molar refractivity (Wildman–Crippen MR) is 153 cm³/mol. The molecule has 0 N–H and O–H groups in total. The zero-order valence-electron chi connectivity index (χ0n) is 22.4. The largest absolute Gasteiger partial charge is 0.497 e. The maximum atomic E-state index is 14.3. The monoisotopic (exact) mass is 505 g/mol. The summed E-state index contributed by atoms with van der Waals surface area (Å²) in [4.78, 5) is 16.2. The van der Waals surface area contributed by atoms with Crippen LogP contribution in [0.4, 0.5) is 5.69 Å². The number of benzene rings is 4. The van der Waals surface area contributed by atoms with Crippen LogP contribution in [-0.2, 0) is 17.8 Å². The summed E-state index contributed by atoms with van der Waals surface area (Å²) in [5, 5.41) is 0. The van der Waals surface area contributed by atoms with Crippen LogP contribution in [0.25, 0.3) is 0 Å². The molecule has 0 heterocycles. The van der Waals surface area contributed by atoms with Crippen LogP contribution in [0.3, 0.4) is 0 Å². The summed E-state index contributed by atoms with van der Waals surface area (Å²) in [5.41, 5.74) is 5.56. The molecule has 4 heteroatoms. The summed E-state index contributed by atoms with van der Waals surface area (Å²) in [6, 6.07) is 32.3. The molecule has 0 bridgehead atoms. The number of carbonyl (C=O) groups excluding carboxylic acids is 1. The van der Waals surface area contributed by atoms with E-state index in [1.54, 1.807) is 7.11 Å². The van der Waals surface area contributed by atoms with E-state index in [2.05, 4.69) is 44.2 Å². The summed E-state index contributed by atoms with van der Waals surface area (Å²) in [6.07, 6.45) is 2.83. The molecule has 1 aliphatic carbocycles. The van der Waals surface area contributed by atoms with Crippen LogP contribution in [0, 0.1) is 0 Å². The second-order valence-electron chi connectivity index (χ2n) is 10.2. The highest BCUT2D eigenvalue weighted by molar-refractivity contribution is 5.98. The third kappa shape index (κ3) is 5.75. The van der Waals surface area contributed by atoms with E-state index < -0.39 is 0 Å². The molecule has 0 radical (unpaired) electrons. The molecule has 0 aromatic heterocycles. The zero-order chi connectivity index (χ0) is 26.5. The number of aryl methyl sites for hydroxylation is 1. The minimum atomic E-state index is -0.195. The predicted octanol–water partition coefficient (Wildman–Crippen LogP) is 8.26. The number of nitrogens with zero attached hydrogens (tertiary/aromatic N) is 1. The molecular weight excluding hydrogens is 470 g/mol. The van der Waals surface area contributed by atoms with E-state index in [1.807, 2.05) is 71.6 Å². The summed E-state index contributed by atoms with van der Waals surface area (Å²) in [5.74, 6) is 2.73. The number of methoxy groups -OCH3 is 1. The number of amides is 1. The maximum absolute atomic E-state index is 14.3. The molecule has 5 rings (SSSR count). The minimum Gasteiger partial charge on any atom is -0.497 e. The van der Waals surface area contributed by atoms with Crippen LogP contribution in [0.1, 0.15) is 60.8 Å². The van der Waals surface area contributed by atoms with E-state index in [4.69, 9.17) is 9.47 Å². The molecule has 0 spiro atoms. The molecule has 1 aliphatic rings. The topological polar surface area (TPSA) is 38.8 Å². The fourth-order valence-corrected chi connectivity index (χ4v) is 5.15. The Hall–Kier alpha value is -4.05. The third-order valence-corrected chi connectivity index (χ3v) is 7.35. The van der Waals surface area contributed by atoms with Crippen molar-refractivity contribution in [2.24, 2.45) is 0 Å². The standard InChI is InChI=1S/C34H35NO3/c1-24(2)26-14-17-28(18-15-26)35(23-25-12-19-30(20-13-25)38-29-9-5-4-6-10-29)34(36)32-11-7-8-27-16-21-31(37-3)22-33(27)32/h4-6,9-10,12-22,24,32H,7-8,11,23H2,1-3H3. The second kappa shape index (κ2) is 11.6. The Morgan fingerprint density at radius 1 is 0.868 bits per heavy atom. The van der Waals surface area contributed by atoms with Crippen LogP contribution < -0.4 is 14.4 Å². The lowest BCUT2D eigenvalue weighted by Crippen LogP contribution is -2.36. The van der Waals surface area contributed by atoms with Gasteiger partial charge >= 0.3 is 0 Å². The maximum Gasteiger partial charge on any atom is 0.234 e. The SMILES string of the molecule is COc1ccc2c(c1)C(C(=O)N(Cc1ccc(Oc3ccccc3)cc1)c1ccc(C(C)C)cc1)CCC2. The molecule has 4 nitrogen and oxygen atoms in total. The van der Waals surface area contributed by atoms with Gasteiger partial charge < -0.3 is 14.4 Å². The fourth-order valence-electron chi connectivity index (χ4n) is 5.15. The van der Waals surface area contributed by atoms with Gasteiger partial charge in [-0.2, -0.15) is 0 Å². The Morgan fingerprint density at radius 3 is 2.24 bits per heavy atom. The number of carbonyl (C=O) groups is 1. The molecule has 1 atom stereocenters. The van der Waals surface area contributed by atoms with Crippen LogP contribution in [0.5, 0.6) is 17.2 Å². The zero-order valence-corrected chi connectivity index (χ0v) is 22.4. The molecule has 0 aliphatic heterocycles. The van der Waals surface area contributed by atoms with E-state index >= 15 is 0 Å². The Morgan fingerprint density at radius 2 is 1.55 bits per heavy atom. The summed E-state index contributed by atoms with van der Waals surface area (Å²) in [6.45, 7) is 4.86. The Kier molecular flexibility index (Phi) is 7.78. The first kappa shape index (κ1) is 25.6. The molecule has 1 unspecified atom stereocenters. The lowest BCUT2D eigenvalue weighted by molar-refractivity contribution is -0.120. The molecule has 1 amide bonds. The average molecular weight is 506 g/mol. The van der Waals surface area contributed by atoms with Crippen molar-refractivity contribution >= 4 is 11.6 Å². The van der Waals surface area contributed by atoms with Gasteiger partial charge in [-0.05, 0) is 96.0 Å². The first-order chi connectivity index (χ1) is 18.5. The van der Waals surface area contributed by atoms with Gasteiger partial charge in [0.15, 0.2) is 0 Å². The number of hydrogen-bond acceptors (Lipinski definition) is 3. The molecule has 0 fully saturated rings. The molecular formula is C34H35NO3. The Labute approximate surface area is 225 Å². The number of rotatable bonds is 8. The van der Waals surface area contributed by atoms with Crippen molar-refractivity contribution in [1.82, 2.24) is 0 Å². The Bertz CT molecular complexity index is 1360. The number of para-hydroxylation sites is 1. The van der Waals surface area contributed by atoms with Gasteiger partial charge in [0.1, 0.15) is 17.2 Å². The van der Waals surface area contributed by atoms with Crippen molar-refractivity contribution in [2.75, 3.05) is 12.0 Å². The van der Waals surface area contributed by atoms with E-state index in [9.17, 15) is 4.79 Å². The number of fused-ring (bicyclic) bond motifs is 1. The van der Waals surface area contributed by atoms with Crippen molar-refractivity contribution in [3.63, 3.8) is 0 Å².